The van der Waals surface area contributed by atoms with Crippen molar-refractivity contribution >= 4 is 18.0 Å². The van der Waals surface area contributed by atoms with Gasteiger partial charge in [0.1, 0.15) is 19.2 Å². The van der Waals surface area contributed by atoms with E-state index in [0.717, 1.165) is 5.56 Å². The molecule has 0 saturated carbocycles. The molecule has 1 unspecified atom stereocenters. The van der Waals surface area contributed by atoms with Crippen LogP contribution in [0, 0.1) is 0 Å². The van der Waals surface area contributed by atoms with Crippen LogP contribution in [0.15, 0.2) is 30.3 Å². The Morgan fingerprint density at radius 3 is 2.74 bits per heavy atom. The molecule has 1 atom stereocenters. The van der Waals surface area contributed by atoms with Gasteiger partial charge < -0.3 is 19.7 Å². The first-order valence-corrected chi connectivity index (χ1v) is 7.43. The van der Waals surface area contributed by atoms with E-state index in [1.54, 1.807) is 0 Å². The molecule has 1 aliphatic heterocycles. The number of hydrogen-bond donors (Lipinski definition) is 1. The van der Waals surface area contributed by atoms with Gasteiger partial charge >= 0.3 is 12.1 Å². The van der Waals surface area contributed by atoms with Crippen molar-refractivity contribution in [2.75, 3.05) is 20.2 Å². The molecule has 1 saturated heterocycles. The fourth-order valence-corrected chi connectivity index (χ4v) is 2.36. The lowest BCUT2D eigenvalue weighted by Crippen LogP contribution is -2.53. The SMILES string of the molecule is COC(=O)CN1CCCC(NC(=O)OCc2ccccc2)C1=O. The Labute approximate surface area is 134 Å². The van der Waals surface area contributed by atoms with Gasteiger partial charge in [0.05, 0.1) is 7.11 Å². The monoisotopic (exact) mass is 320 g/mol. The highest BCUT2D eigenvalue weighted by atomic mass is 16.5. The molecule has 1 fully saturated rings. The fraction of sp³-hybridized carbons (Fsp3) is 0.438. The average Bonchev–Trinajstić information content (AvgIpc) is 2.57. The maximum atomic E-state index is 12.2. The van der Waals surface area contributed by atoms with E-state index in [1.807, 2.05) is 30.3 Å². The van der Waals surface area contributed by atoms with Gasteiger partial charge in [0.2, 0.25) is 5.91 Å². The predicted molar refractivity (Wildman–Crippen MR) is 81.4 cm³/mol. The molecule has 0 aliphatic carbocycles. The van der Waals surface area contributed by atoms with Crippen LogP contribution in [0.5, 0.6) is 0 Å². The van der Waals surface area contributed by atoms with Gasteiger partial charge in [-0.25, -0.2) is 4.79 Å². The van der Waals surface area contributed by atoms with Gasteiger partial charge in [0.25, 0.3) is 0 Å². The highest BCUT2D eigenvalue weighted by Crippen LogP contribution is 2.12. The lowest BCUT2D eigenvalue weighted by Gasteiger charge is -2.31. The normalized spacial score (nSPS) is 17.5. The third-order valence-electron chi connectivity index (χ3n) is 3.58. The van der Waals surface area contributed by atoms with Crippen molar-refractivity contribution in [3.63, 3.8) is 0 Å². The summed E-state index contributed by atoms with van der Waals surface area (Å²) in [6, 6.07) is 8.60. The smallest absolute Gasteiger partial charge is 0.408 e. The fourth-order valence-electron chi connectivity index (χ4n) is 2.36. The molecule has 2 amide bonds. The summed E-state index contributed by atoms with van der Waals surface area (Å²) < 4.78 is 9.66. The summed E-state index contributed by atoms with van der Waals surface area (Å²) in [5, 5.41) is 2.56. The van der Waals surface area contributed by atoms with Gasteiger partial charge in [-0.1, -0.05) is 30.3 Å². The molecular weight excluding hydrogens is 300 g/mol. The summed E-state index contributed by atoms with van der Waals surface area (Å²) in [5.41, 5.74) is 0.866. The highest BCUT2D eigenvalue weighted by molar-refractivity contribution is 5.88. The van der Waals surface area contributed by atoms with Crippen molar-refractivity contribution in [1.82, 2.24) is 10.2 Å². The second-order valence-corrected chi connectivity index (χ2v) is 5.24. The second kappa shape index (κ2) is 8.17. The van der Waals surface area contributed by atoms with Crippen LogP contribution in [0.1, 0.15) is 18.4 Å². The number of methoxy groups -OCH3 is 1. The van der Waals surface area contributed by atoms with E-state index >= 15 is 0 Å². The minimum Gasteiger partial charge on any atom is -0.468 e. The molecule has 1 heterocycles. The van der Waals surface area contributed by atoms with Crippen LogP contribution in [0.25, 0.3) is 0 Å². The van der Waals surface area contributed by atoms with Crippen molar-refractivity contribution in [2.24, 2.45) is 0 Å². The number of ether oxygens (including phenoxy) is 2. The first-order valence-electron chi connectivity index (χ1n) is 7.43. The van der Waals surface area contributed by atoms with Crippen LogP contribution in [0.2, 0.25) is 0 Å². The Hall–Kier alpha value is -2.57. The van der Waals surface area contributed by atoms with Crippen LogP contribution in [-0.2, 0) is 25.7 Å². The van der Waals surface area contributed by atoms with E-state index in [0.29, 0.717) is 19.4 Å². The molecule has 23 heavy (non-hydrogen) atoms. The van der Waals surface area contributed by atoms with E-state index in [-0.39, 0.29) is 19.1 Å². The number of likely N-dealkylation sites (tertiary alicyclic amines) is 1. The molecule has 0 aromatic heterocycles. The number of piperidine rings is 1. The number of carbonyl (C=O) groups excluding carboxylic acids is 3. The maximum absolute atomic E-state index is 12.2. The molecule has 0 spiro atoms. The van der Waals surface area contributed by atoms with Crippen LogP contribution < -0.4 is 5.32 Å². The standard InChI is InChI=1S/C16H20N2O5/c1-22-14(19)10-18-9-5-8-13(15(18)20)17-16(21)23-11-12-6-3-2-4-7-12/h2-4,6-7,13H,5,8-11H2,1H3,(H,17,21). The minimum atomic E-state index is -0.670. The highest BCUT2D eigenvalue weighted by Gasteiger charge is 2.31. The van der Waals surface area contributed by atoms with E-state index in [9.17, 15) is 14.4 Å². The van der Waals surface area contributed by atoms with Crippen molar-refractivity contribution in [1.29, 1.82) is 0 Å². The zero-order valence-electron chi connectivity index (χ0n) is 13.0. The molecule has 1 aromatic carbocycles. The lowest BCUT2D eigenvalue weighted by molar-refractivity contribution is -0.148. The van der Waals surface area contributed by atoms with Gasteiger partial charge in [-0.05, 0) is 18.4 Å². The van der Waals surface area contributed by atoms with E-state index in [4.69, 9.17) is 4.74 Å². The second-order valence-electron chi connectivity index (χ2n) is 5.24. The summed E-state index contributed by atoms with van der Waals surface area (Å²) in [6.07, 6.45) is 0.579. The third-order valence-corrected chi connectivity index (χ3v) is 3.58. The Balaban J connectivity index is 1.82. The summed E-state index contributed by atoms with van der Waals surface area (Å²) in [6.45, 7) is 0.511. The van der Waals surface area contributed by atoms with Crippen molar-refractivity contribution in [3.05, 3.63) is 35.9 Å². The Kier molecular flexibility index (Phi) is 5.96. The minimum absolute atomic E-state index is 0.105. The molecule has 0 radical (unpaired) electrons. The van der Waals surface area contributed by atoms with Crippen LogP contribution >= 0.6 is 0 Å². The first kappa shape index (κ1) is 16.8. The van der Waals surface area contributed by atoms with Crippen molar-refractivity contribution in [3.8, 4) is 0 Å². The largest absolute Gasteiger partial charge is 0.468 e. The summed E-state index contributed by atoms with van der Waals surface area (Å²) in [4.78, 5) is 36.7. The molecule has 1 N–H and O–H groups in total. The van der Waals surface area contributed by atoms with Gasteiger partial charge in [-0.3, -0.25) is 9.59 Å². The van der Waals surface area contributed by atoms with Gasteiger partial charge in [-0.15, -0.1) is 0 Å². The summed E-state index contributed by atoms with van der Waals surface area (Å²) >= 11 is 0. The van der Waals surface area contributed by atoms with Crippen molar-refractivity contribution in [2.45, 2.75) is 25.5 Å². The molecular formula is C16H20N2O5. The van der Waals surface area contributed by atoms with Gasteiger partial charge in [-0.2, -0.15) is 0 Å². The zero-order valence-corrected chi connectivity index (χ0v) is 13.0. The number of alkyl carbamates (subject to hydrolysis) is 1. The average molecular weight is 320 g/mol. The number of esters is 1. The first-order chi connectivity index (χ1) is 11.1. The van der Waals surface area contributed by atoms with Crippen LogP contribution in [0.4, 0.5) is 4.79 Å². The molecule has 7 heteroatoms. The predicted octanol–water partition coefficient (Wildman–Crippen LogP) is 1.08. The van der Waals surface area contributed by atoms with Crippen molar-refractivity contribution < 1.29 is 23.9 Å². The molecule has 1 aromatic rings. The quantitative estimate of drug-likeness (QED) is 0.821. The summed E-state index contributed by atoms with van der Waals surface area (Å²) in [5.74, 6) is -0.774. The number of hydrogen-bond acceptors (Lipinski definition) is 5. The Morgan fingerprint density at radius 1 is 1.30 bits per heavy atom. The number of amides is 2. The number of benzene rings is 1. The van der Waals surface area contributed by atoms with E-state index in [1.165, 1.54) is 12.0 Å². The van der Waals surface area contributed by atoms with E-state index in [2.05, 4.69) is 10.1 Å². The summed E-state index contributed by atoms with van der Waals surface area (Å²) in [7, 11) is 1.27. The number of carbonyl (C=O) groups is 3. The number of rotatable bonds is 5. The molecule has 2 rings (SSSR count). The van der Waals surface area contributed by atoms with Crippen LogP contribution in [0.3, 0.4) is 0 Å². The van der Waals surface area contributed by atoms with Gasteiger partial charge in [0, 0.05) is 6.54 Å². The number of nitrogens with one attached hydrogen (secondary N) is 1. The van der Waals surface area contributed by atoms with Crippen LogP contribution in [-0.4, -0.2) is 49.1 Å². The molecule has 124 valence electrons. The maximum Gasteiger partial charge on any atom is 0.408 e. The molecule has 0 bridgehead atoms. The lowest BCUT2D eigenvalue weighted by atomic mass is 10.1. The molecule has 1 aliphatic rings. The Morgan fingerprint density at radius 2 is 2.04 bits per heavy atom. The third kappa shape index (κ3) is 4.98. The Bertz CT molecular complexity index is 561. The molecule has 7 nitrogen and oxygen atoms in total. The zero-order chi connectivity index (χ0) is 16.7. The number of nitrogens with zero attached hydrogens (tertiary/aromatic N) is 1. The topological polar surface area (TPSA) is 84.9 Å². The van der Waals surface area contributed by atoms with Gasteiger partial charge in [0.15, 0.2) is 0 Å². The van der Waals surface area contributed by atoms with E-state index < -0.39 is 18.1 Å².